The van der Waals surface area contributed by atoms with Gasteiger partial charge >= 0.3 is 0 Å². The van der Waals surface area contributed by atoms with Crippen LogP contribution in [-0.2, 0) is 13.0 Å². The fourth-order valence-corrected chi connectivity index (χ4v) is 2.60. The average Bonchev–Trinajstić information content (AvgIpc) is 2.99. The molecule has 4 nitrogen and oxygen atoms in total. The normalized spacial score (nSPS) is 17.9. The van der Waals surface area contributed by atoms with Crippen LogP contribution in [0.3, 0.4) is 0 Å². The van der Waals surface area contributed by atoms with Crippen molar-refractivity contribution >= 4 is 0 Å². The van der Waals surface area contributed by atoms with E-state index in [1.807, 2.05) is 24.7 Å². The van der Waals surface area contributed by atoms with Gasteiger partial charge < -0.3 is 15.0 Å². The molecule has 1 unspecified atom stereocenters. The number of nitrogens with one attached hydrogen (secondary N) is 1. The fourth-order valence-electron chi connectivity index (χ4n) is 2.60. The summed E-state index contributed by atoms with van der Waals surface area (Å²) in [5.74, 6) is 0.368. The molecule has 1 atom stereocenters. The lowest BCUT2D eigenvalue weighted by molar-refractivity contribution is 0.474. The molecule has 0 spiro atoms. The maximum absolute atomic E-state index is 9.45. The lowest BCUT2D eigenvalue weighted by Gasteiger charge is -2.14. The van der Waals surface area contributed by atoms with Crippen LogP contribution < -0.4 is 5.32 Å². The molecule has 2 N–H and O–H groups in total. The molecule has 18 heavy (non-hydrogen) atoms. The summed E-state index contributed by atoms with van der Waals surface area (Å²) in [7, 11) is 0. The molecule has 1 aliphatic carbocycles. The molecule has 0 saturated carbocycles. The smallest absolute Gasteiger partial charge is 0.115 e. The Hall–Kier alpha value is -1.81. The number of phenols is 1. The van der Waals surface area contributed by atoms with Crippen molar-refractivity contribution in [2.45, 2.75) is 25.4 Å². The second kappa shape index (κ2) is 4.82. The molecule has 1 heterocycles. The van der Waals surface area contributed by atoms with E-state index in [1.165, 1.54) is 11.1 Å². The van der Waals surface area contributed by atoms with E-state index in [0.717, 1.165) is 25.9 Å². The third-order valence-electron chi connectivity index (χ3n) is 3.52. The number of imidazole rings is 1. The first-order chi connectivity index (χ1) is 8.83. The predicted octanol–water partition coefficient (Wildman–Crippen LogP) is 1.87. The number of benzene rings is 1. The van der Waals surface area contributed by atoms with Crippen molar-refractivity contribution in [2.24, 2.45) is 0 Å². The predicted molar refractivity (Wildman–Crippen MR) is 69.4 cm³/mol. The number of fused-ring (bicyclic) bond motifs is 1. The maximum atomic E-state index is 9.45. The van der Waals surface area contributed by atoms with Crippen molar-refractivity contribution in [3.63, 3.8) is 0 Å². The molecule has 94 valence electrons. The zero-order chi connectivity index (χ0) is 12.4. The first-order valence-electron chi connectivity index (χ1n) is 6.34. The van der Waals surface area contributed by atoms with Gasteiger partial charge in [-0.15, -0.1) is 0 Å². The highest BCUT2D eigenvalue weighted by Gasteiger charge is 2.21. The quantitative estimate of drug-likeness (QED) is 0.862. The average molecular weight is 243 g/mol. The molecule has 1 aromatic carbocycles. The molecule has 2 aromatic rings. The van der Waals surface area contributed by atoms with E-state index in [0.29, 0.717) is 11.8 Å². The van der Waals surface area contributed by atoms with Gasteiger partial charge in [0.25, 0.3) is 0 Å². The topological polar surface area (TPSA) is 50.1 Å². The van der Waals surface area contributed by atoms with Crippen LogP contribution in [0, 0.1) is 0 Å². The second-order valence-electron chi connectivity index (χ2n) is 4.73. The van der Waals surface area contributed by atoms with Crippen molar-refractivity contribution in [2.75, 3.05) is 6.54 Å². The molecule has 0 bridgehead atoms. The number of phenolic OH excluding ortho intramolecular Hbond substituents is 1. The number of rotatable bonds is 4. The lowest BCUT2D eigenvalue weighted by atomic mass is 10.1. The van der Waals surface area contributed by atoms with Crippen LogP contribution in [0.2, 0.25) is 0 Å². The highest BCUT2D eigenvalue weighted by molar-refractivity contribution is 5.39. The zero-order valence-electron chi connectivity index (χ0n) is 10.2. The molecule has 0 saturated heterocycles. The Morgan fingerprint density at radius 1 is 1.44 bits per heavy atom. The van der Waals surface area contributed by atoms with E-state index in [4.69, 9.17) is 0 Å². The minimum Gasteiger partial charge on any atom is -0.508 e. The lowest BCUT2D eigenvalue weighted by Crippen LogP contribution is -2.23. The summed E-state index contributed by atoms with van der Waals surface area (Å²) in [4.78, 5) is 4.03. The SMILES string of the molecule is Oc1ccc2c(c1)CCC2NCCn1ccnc1. The van der Waals surface area contributed by atoms with Gasteiger partial charge in [-0.3, -0.25) is 0 Å². The maximum Gasteiger partial charge on any atom is 0.115 e. The van der Waals surface area contributed by atoms with E-state index in [-0.39, 0.29) is 0 Å². The highest BCUT2D eigenvalue weighted by atomic mass is 16.3. The van der Waals surface area contributed by atoms with Crippen molar-refractivity contribution in [3.8, 4) is 5.75 Å². The number of aromatic nitrogens is 2. The van der Waals surface area contributed by atoms with Crippen LogP contribution in [0.25, 0.3) is 0 Å². The summed E-state index contributed by atoms with van der Waals surface area (Å²) >= 11 is 0. The van der Waals surface area contributed by atoms with Crippen LogP contribution >= 0.6 is 0 Å². The largest absolute Gasteiger partial charge is 0.508 e. The summed E-state index contributed by atoms with van der Waals surface area (Å²) in [5.41, 5.74) is 2.61. The molecule has 0 fully saturated rings. The third-order valence-corrected chi connectivity index (χ3v) is 3.52. The molecule has 0 radical (unpaired) electrons. The summed E-state index contributed by atoms with van der Waals surface area (Å²) in [5, 5.41) is 13.0. The Morgan fingerprint density at radius 3 is 3.22 bits per heavy atom. The summed E-state index contributed by atoms with van der Waals surface area (Å²) in [6.07, 6.45) is 7.77. The van der Waals surface area contributed by atoms with Gasteiger partial charge in [0.15, 0.2) is 0 Å². The molecule has 3 rings (SSSR count). The van der Waals surface area contributed by atoms with E-state index in [1.54, 1.807) is 12.3 Å². The molecule has 1 aromatic heterocycles. The number of hydrogen-bond donors (Lipinski definition) is 2. The molecule has 0 amide bonds. The van der Waals surface area contributed by atoms with Crippen molar-refractivity contribution in [3.05, 3.63) is 48.0 Å². The van der Waals surface area contributed by atoms with E-state index in [2.05, 4.69) is 14.9 Å². The van der Waals surface area contributed by atoms with Crippen LogP contribution in [0.1, 0.15) is 23.6 Å². The van der Waals surface area contributed by atoms with Gasteiger partial charge in [0.1, 0.15) is 5.75 Å². The minimum atomic E-state index is 0.368. The Balaban J connectivity index is 1.59. The van der Waals surface area contributed by atoms with E-state index >= 15 is 0 Å². The Kier molecular flexibility index (Phi) is 3.02. The van der Waals surface area contributed by atoms with Gasteiger partial charge in [0, 0.05) is 31.5 Å². The van der Waals surface area contributed by atoms with Gasteiger partial charge in [-0.05, 0) is 36.1 Å². The molecule has 0 aliphatic heterocycles. The van der Waals surface area contributed by atoms with Gasteiger partial charge in [-0.2, -0.15) is 0 Å². The highest BCUT2D eigenvalue weighted by Crippen LogP contribution is 2.32. The summed E-state index contributed by atoms with van der Waals surface area (Å²) in [6, 6.07) is 6.11. The molecule has 4 heteroatoms. The number of aromatic hydroxyl groups is 1. The standard InChI is InChI=1S/C14H17N3O/c18-12-2-3-13-11(9-12)1-4-14(13)16-6-8-17-7-5-15-10-17/h2-3,5,7,9-10,14,16,18H,1,4,6,8H2. The van der Waals surface area contributed by atoms with Crippen molar-refractivity contribution in [1.29, 1.82) is 0 Å². The van der Waals surface area contributed by atoms with Gasteiger partial charge in [0.05, 0.1) is 6.33 Å². The van der Waals surface area contributed by atoms with Crippen molar-refractivity contribution in [1.82, 2.24) is 14.9 Å². The first kappa shape index (κ1) is 11.3. The van der Waals surface area contributed by atoms with Crippen molar-refractivity contribution < 1.29 is 5.11 Å². The zero-order valence-corrected chi connectivity index (χ0v) is 10.2. The Bertz CT molecular complexity index is 522. The van der Waals surface area contributed by atoms with Crippen LogP contribution in [0.5, 0.6) is 5.75 Å². The summed E-state index contributed by atoms with van der Waals surface area (Å²) in [6.45, 7) is 1.87. The Labute approximate surface area is 106 Å². The minimum absolute atomic E-state index is 0.368. The van der Waals surface area contributed by atoms with Gasteiger partial charge in [0.2, 0.25) is 0 Å². The third kappa shape index (κ3) is 2.24. The Morgan fingerprint density at radius 2 is 2.39 bits per heavy atom. The molecule has 1 aliphatic rings. The van der Waals surface area contributed by atoms with Crippen LogP contribution in [0.4, 0.5) is 0 Å². The molecular formula is C14H17N3O. The number of hydrogen-bond acceptors (Lipinski definition) is 3. The van der Waals surface area contributed by atoms with Crippen LogP contribution in [0.15, 0.2) is 36.9 Å². The fraction of sp³-hybridized carbons (Fsp3) is 0.357. The van der Waals surface area contributed by atoms with Gasteiger partial charge in [-0.25, -0.2) is 4.98 Å². The van der Waals surface area contributed by atoms with Gasteiger partial charge in [-0.1, -0.05) is 6.07 Å². The van der Waals surface area contributed by atoms with Crippen LogP contribution in [-0.4, -0.2) is 21.2 Å². The summed E-state index contributed by atoms with van der Waals surface area (Å²) < 4.78 is 2.07. The first-order valence-corrected chi connectivity index (χ1v) is 6.34. The number of nitrogens with zero attached hydrogens (tertiary/aromatic N) is 2. The molecular weight excluding hydrogens is 226 g/mol. The van der Waals surface area contributed by atoms with E-state index in [9.17, 15) is 5.11 Å². The number of aryl methyl sites for hydroxylation is 1. The monoisotopic (exact) mass is 243 g/mol. The second-order valence-corrected chi connectivity index (χ2v) is 4.73. The van der Waals surface area contributed by atoms with E-state index < -0.39 is 0 Å².